The molecule has 2 heterocycles. The maximum absolute atomic E-state index is 14.1. The number of hydrogen-bond donors (Lipinski definition) is 2. The first-order chi connectivity index (χ1) is 17.2. The third kappa shape index (κ3) is 6.30. The molecule has 1 aromatic carbocycles. The predicted molar refractivity (Wildman–Crippen MR) is 145 cm³/mol. The van der Waals surface area contributed by atoms with E-state index in [0.717, 1.165) is 36.6 Å². The predicted octanol–water partition coefficient (Wildman–Crippen LogP) is 5.73. The van der Waals surface area contributed by atoms with Gasteiger partial charge in [-0.1, -0.05) is 23.2 Å². The van der Waals surface area contributed by atoms with Crippen LogP contribution in [0.25, 0.3) is 5.57 Å². The zero-order chi connectivity index (χ0) is 26.4. The van der Waals surface area contributed by atoms with Gasteiger partial charge < -0.3 is 25.4 Å². The molecule has 3 N–H and O–H groups in total. The first kappa shape index (κ1) is 27.8. The van der Waals surface area contributed by atoms with Crippen molar-refractivity contribution in [1.82, 2.24) is 10.3 Å². The molecular weight excluding hydrogens is 504 g/mol. The third-order valence-corrected chi connectivity index (χ3v) is 6.65. The molecule has 1 aliphatic rings. The molecule has 7 nitrogen and oxygen atoms in total. The molecule has 0 saturated carbocycles. The quantitative estimate of drug-likeness (QED) is 0.184. The molecule has 0 amide bonds. The molecule has 0 spiro atoms. The Labute approximate surface area is 221 Å². The second-order valence-electron chi connectivity index (χ2n) is 8.47. The van der Waals surface area contributed by atoms with Crippen molar-refractivity contribution >= 4 is 41.3 Å². The number of allylic oxidation sites excluding steroid dienone is 2. The van der Waals surface area contributed by atoms with Gasteiger partial charge in [-0.25, -0.2) is 14.4 Å². The normalized spacial score (nSPS) is 17.9. The van der Waals surface area contributed by atoms with E-state index in [-0.39, 0.29) is 21.6 Å². The van der Waals surface area contributed by atoms with Crippen molar-refractivity contribution in [2.24, 2.45) is 10.7 Å². The summed E-state index contributed by atoms with van der Waals surface area (Å²) in [4.78, 5) is 10.8. The maximum Gasteiger partial charge on any atom is 0.165 e. The Balaban J connectivity index is 1.96. The molecule has 0 aliphatic carbocycles. The van der Waals surface area contributed by atoms with Gasteiger partial charge in [0.05, 0.1) is 11.6 Å². The smallest absolute Gasteiger partial charge is 0.165 e. The van der Waals surface area contributed by atoms with Crippen LogP contribution in [0, 0.1) is 5.82 Å². The van der Waals surface area contributed by atoms with Crippen LogP contribution in [-0.4, -0.2) is 44.0 Å². The number of halogens is 3. The zero-order valence-corrected chi connectivity index (χ0v) is 22.5. The van der Waals surface area contributed by atoms with Crippen LogP contribution in [0.1, 0.15) is 44.9 Å². The van der Waals surface area contributed by atoms with Gasteiger partial charge in [0.25, 0.3) is 0 Å². The van der Waals surface area contributed by atoms with E-state index in [1.807, 2.05) is 19.9 Å². The molecule has 0 unspecified atom stereocenters. The fourth-order valence-corrected chi connectivity index (χ4v) is 4.70. The molecule has 194 valence electrons. The average Bonchev–Trinajstić information content (AvgIpc) is 2.86. The summed E-state index contributed by atoms with van der Waals surface area (Å²) in [6.07, 6.45) is 2.77. The summed E-state index contributed by atoms with van der Waals surface area (Å²) in [5.41, 5.74) is 7.95. The van der Waals surface area contributed by atoms with Crippen LogP contribution in [0.3, 0.4) is 0 Å². The number of ether oxygens (including phenoxy) is 2. The van der Waals surface area contributed by atoms with E-state index < -0.39 is 11.9 Å². The lowest BCUT2D eigenvalue weighted by atomic mass is 10.1. The number of nitrogens with zero attached hydrogens (tertiary/aromatic N) is 3. The van der Waals surface area contributed by atoms with Gasteiger partial charge in [-0.3, -0.25) is 0 Å². The van der Waals surface area contributed by atoms with Crippen LogP contribution in [0.4, 0.5) is 10.2 Å². The Morgan fingerprint density at radius 3 is 2.86 bits per heavy atom. The van der Waals surface area contributed by atoms with Crippen molar-refractivity contribution in [3.63, 3.8) is 0 Å². The second-order valence-corrected chi connectivity index (χ2v) is 9.26. The van der Waals surface area contributed by atoms with E-state index in [1.165, 1.54) is 12.1 Å². The minimum atomic E-state index is -0.721. The number of benzene rings is 1. The van der Waals surface area contributed by atoms with Crippen LogP contribution in [0.5, 0.6) is 5.75 Å². The highest BCUT2D eigenvalue weighted by atomic mass is 35.5. The summed E-state index contributed by atoms with van der Waals surface area (Å²) in [5, 5.41) is 3.55. The number of nitrogens with one attached hydrogen (secondary N) is 1. The Kier molecular flexibility index (Phi) is 9.59. The summed E-state index contributed by atoms with van der Waals surface area (Å²) in [6, 6.07) is 4.89. The fraction of sp³-hybridized carbons (Fsp3) is 0.385. The molecule has 1 aliphatic heterocycles. The van der Waals surface area contributed by atoms with E-state index in [0.29, 0.717) is 24.0 Å². The molecule has 2 aromatic rings. The molecule has 3 rings (SSSR count). The van der Waals surface area contributed by atoms with Gasteiger partial charge in [-0.2, -0.15) is 0 Å². The topological polar surface area (TPSA) is 85.0 Å². The first-order valence-corrected chi connectivity index (χ1v) is 12.5. The number of anilines is 1. The number of piperazine rings is 1. The Morgan fingerprint density at radius 2 is 2.19 bits per heavy atom. The lowest BCUT2D eigenvalue weighted by Gasteiger charge is -2.35. The van der Waals surface area contributed by atoms with Gasteiger partial charge in [-0.15, -0.1) is 0 Å². The Bertz CT molecular complexity index is 1170. The van der Waals surface area contributed by atoms with Crippen molar-refractivity contribution < 1.29 is 13.9 Å². The number of aromatic nitrogens is 1. The molecule has 10 heteroatoms. The number of hydrogen-bond acceptors (Lipinski definition) is 7. The first-order valence-electron chi connectivity index (χ1n) is 11.7. The number of pyridine rings is 1. The fourth-order valence-electron chi connectivity index (χ4n) is 4.02. The highest BCUT2D eigenvalue weighted by molar-refractivity contribution is 6.36. The third-order valence-electron chi connectivity index (χ3n) is 5.93. The molecule has 1 fully saturated rings. The molecule has 1 aromatic heterocycles. The number of nitrogens with two attached hydrogens (primary N) is 1. The van der Waals surface area contributed by atoms with Gasteiger partial charge in [0.1, 0.15) is 23.5 Å². The Morgan fingerprint density at radius 1 is 1.44 bits per heavy atom. The van der Waals surface area contributed by atoms with Crippen molar-refractivity contribution in [3.05, 3.63) is 69.0 Å². The van der Waals surface area contributed by atoms with Gasteiger partial charge in [0.2, 0.25) is 0 Å². The summed E-state index contributed by atoms with van der Waals surface area (Å²) in [7, 11) is 0. The summed E-state index contributed by atoms with van der Waals surface area (Å²) in [5.74, 6) is 1.24. The van der Waals surface area contributed by atoms with Crippen LogP contribution in [0.15, 0.2) is 47.0 Å². The van der Waals surface area contributed by atoms with E-state index >= 15 is 0 Å². The standard InChI is InChI=1S/C26H32Cl2FN5O2/c1-6-35-21-12-23(34-10-9-32-13-16(34)3)33-14-18(21)15(2)11-22(26(30)31-5)36-17(4)24-19(27)7-8-20(29)25(24)28/h7-8,11-12,14,16-17,32H,5-6,9-10,13,30H2,1-4H3/b15-11+,26-22+/t16-,17+/m0/s1. The minimum absolute atomic E-state index is 0.0574. The Hall–Kier alpha value is -2.81. The zero-order valence-electron chi connectivity index (χ0n) is 20.9. The minimum Gasteiger partial charge on any atom is -0.493 e. The van der Waals surface area contributed by atoms with Crippen LogP contribution in [-0.2, 0) is 4.74 Å². The van der Waals surface area contributed by atoms with Crippen LogP contribution >= 0.6 is 23.2 Å². The molecular formula is C26H32Cl2FN5O2. The summed E-state index contributed by atoms with van der Waals surface area (Å²) < 4.78 is 26.1. The lowest BCUT2D eigenvalue weighted by Crippen LogP contribution is -2.50. The van der Waals surface area contributed by atoms with Gasteiger partial charge >= 0.3 is 0 Å². The number of aliphatic imine (C=N–C) groups is 1. The lowest BCUT2D eigenvalue weighted by molar-refractivity contribution is 0.140. The monoisotopic (exact) mass is 535 g/mol. The van der Waals surface area contributed by atoms with Gasteiger partial charge in [0, 0.05) is 54.1 Å². The molecule has 2 atom stereocenters. The largest absolute Gasteiger partial charge is 0.493 e. The van der Waals surface area contributed by atoms with Gasteiger partial charge in [0.15, 0.2) is 11.6 Å². The number of rotatable bonds is 9. The summed E-state index contributed by atoms with van der Waals surface area (Å²) >= 11 is 12.4. The van der Waals surface area contributed by atoms with Gasteiger partial charge in [-0.05, 0) is 58.2 Å². The highest BCUT2D eigenvalue weighted by Crippen LogP contribution is 2.36. The molecule has 0 bridgehead atoms. The molecule has 36 heavy (non-hydrogen) atoms. The van der Waals surface area contributed by atoms with Crippen molar-refractivity contribution in [3.8, 4) is 5.75 Å². The van der Waals surface area contributed by atoms with E-state index in [9.17, 15) is 4.39 Å². The summed E-state index contributed by atoms with van der Waals surface area (Å²) in [6.45, 7) is 14.3. The molecule has 0 radical (unpaired) electrons. The van der Waals surface area contributed by atoms with E-state index in [4.69, 9.17) is 43.4 Å². The van der Waals surface area contributed by atoms with E-state index in [1.54, 1.807) is 19.2 Å². The maximum atomic E-state index is 14.1. The van der Waals surface area contributed by atoms with E-state index in [2.05, 4.69) is 28.9 Å². The average molecular weight is 536 g/mol. The molecule has 1 saturated heterocycles. The SMILES string of the molecule is C=N/C(N)=C(\C=C(/C)c1cnc(N2CCNC[C@@H]2C)cc1OCC)O[C@H](C)c1c(Cl)ccc(F)c1Cl. The van der Waals surface area contributed by atoms with Crippen molar-refractivity contribution in [2.45, 2.75) is 39.8 Å². The highest BCUT2D eigenvalue weighted by Gasteiger charge is 2.22. The van der Waals surface area contributed by atoms with Crippen molar-refractivity contribution in [2.75, 3.05) is 31.1 Å². The van der Waals surface area contributed by atoms with Crippen LogP contribution in [0.2, 0.25) is 10.0 Å². The van der Waals surface area contributed by atoms with Crippen molar-refractivity contribution in [1.29, 1.82) is 0 Å². The second kappa shape index (κ2) is 12.4. The van der Waals surface area contributed by atoms with Crippen LogP contribution < -0.4 is 20.7 Å².